The van der Waals surface area contributed by atoms with Crippen LogP contribution in [0.5, 0.6) is 0 Å². The number of hydrogen-bond donors (Lipinski definition) is 1. The highest BCUT2D eigenvalue weighted by atomic mass is 16.1. The van der Waals surface area contributed by atoms with Crippen LogP contribution in [0.4, 0.5) is 5.69 Å². The molecular formula is C21H18N4O. The number of nitrogens with one attached hydrogen (secondary N) is 1. The number of benzene rings is 3. The minimum atomic E-state index is -0.131. The Bertz CT molecular complexity index is 1100. The van der Waals surface area contributed by atoms with Gasteiger partial charge in [0.05, 0.1) is 5.69 Å². The van der Waals surface area contributed by atoms with Gasteiger partial charge < -0.3 is 5.32 Å². The Morgan fingerprint density at radius 1 is 0.885 bits per heavy atom. The molecule has 0 atom stereocenters. The molecule has 4 aromatic rings. The van der Waals surface area contributed by atoms with E-state index < -0.39 is 0 Å². The normalized spacial score (nSPS) is 10.8. The number of aromatic nitrogens is 3. The number of nitrogens with zero attached hydrogens (tertiary/aromatic N) is 3. The zero-order valence-electron chi connectivity index (χ0n) is 14.6. The molecule has 26 heavy (non-hydrogen) atoms. The fraction of sp³-hybridized carbons (Fsp3) is 0.0952. The number of rotatable bonds is 3. The molecule has 0 aliphatic rings. The quantitative estimate of drug-likeness (QED) is 0.604. The van der Waals surface area contributed by atoms with Gasteiger partial charge in [0.25, 0.3) is 5.91 Å². The van der Waals surface area contributed by atoms with Crippen LogP contribution in [0.15, 0.2) is 66.7 Å². The van der Waals surface area contributed by atoms with Crippen LogP contribution in [0.2, 0.25) is 0 Å². The maximum Gasteiger partial charge on any atom is 0.255 e. The van der Waals surface area contributed by atoms with Gasteiger partial charge in [-0.15, -0.1) is 10.2 Å². The maximum absolute atomic E-state index is 12.5. The summed E-state index contributed by atoms with van der Waals surface area (Å²) in [6, 6.07) is 21.1. The van der Waals surface area contributed by atoms with Gasteiger partial charge in [0.1, 0.15) is 11.0 Å². The second-order valence-corrected chi connectivity index (χ2v) is 6.30. The molecular weight excluding hydrogens is 324 g/mol. The van der Waals surface area contributed by atoms with Crippen molar-refractivity contribution in [1.29, 1.82) is 0 Å². The summed E-state index contributed by atoms with van der Waals surface area (Å²) in [7, 11) is 0. The number of amides is 1. The maximum atomic E-state index is 12.5. The fourth-order valence-electron chi connectivity index (χ4n) is 2.81. The molecule has 0 fully saturated rings. The van der Waals surface area contributed by atoms with Crippen molar-refractivity contribution in [3.8, 4) is 5.69 Å². The van der Waals surface area contributed by atoms with Gasteiger partial charge in [-0.1, -0.05) is 35.9 Å². The minimum absolute atomic E-state index is 0.131. The number of fused-ring (bicyclic) bond motifs is 1. The highest BCUT2D eigenvalue weighted by molar-refractivity contribution is 6.05. The van der Waals surface area contributed by atoms with Crippen LogP contribution in [0.25, 0.3) is 16.7 Å². The first-order chi connectivity index (χ1) is 12.6. The average molecular weight is 342 g/mol. The number of carbonyl (C=O) groups excluding carboxylic acids is 1. The van der Waals surface area contributed by atoms with Crippen LogP contribution >= 0.6 is 0 Å². The van der Waals surface area contributed by atoms with E-state index in [2.05, 4.69) is 15.5 Å². The van der Waals surface area contributed by atoms with Crippen molar-refractivity contribution in [2.24, 2.45) is 0 Å². The van der Waals surface area contributed by atoms with Crippen molar-refractivity contribution in [3.05, 3.63) is 83.4 Å². The van der Waals surface area contributed by atoms with Gasteiger partial charge in [0.15, 0.2) is 0 Å². The number of hydrogen-bond acceptors (Lipinski definition) is 3. The van der Waals surface area contributed by atoms with Gasteiger partial charge in [-0.3, -0.25) is 4.79 Å². The van der Waals surface area contributed by atoms with Crippen LogP contribution in [0, 0.1) is 13.8 Å². The third-order valence-electron chi connectivity index (χ3n) is 4.29. The van der Waals surface area contributed by atoms with Crippen LogP contribution in [-0.2, 0) is 0 Å². The van der Waals surface area contributed by atoms with E-state index in [1.54, 1.807) is 4.80 Å². The van der Waals surface area contributed by atoms with E-state index in [4.69, 9.17) is 0 Å². The lowest BCUT2D eigenvalue weighted by Gasteiger charge is -2.07. The SMILES string of the molecule is Cc1ccc(-n2nc3ccc(NC(=O)c4ccccc4C)cc3n2)cc1. The summed E-state index contributed by atoms with van der Waals surface area (Å²) in [6.07, 6.45) is 0. The Morgan fingerprint density at radius 3 is 2.38 bits per heavy atom. The highest BCUT2D eigenvalue weighted by Crippen LogP contribution is 2.19. The van der Waals surface area contributed by atoms with Crippen molar-refractivity contribution in [3.63, 3.8) is 0 Å². The smallest absolute Gasteiger partial charge is 0.255 e. The van der Waals surface area contributed by atoms with Crippen molar-refractivity contribution in [1.82, 2.24) is 15.0 Å². The third kappa shape index (κ3) is 3.07. The number of aryl methyl sites for hydroxylation is 2. The fourth-order valence-corrected chi connectivity index (χ4v) is 2.81. The van der Waals surface area contributed by atoms with Crippen molar-refractivity contribution in [2.75, 3.05) is 5.32 Å². The molecule has 5 nitrogen and oxygen atoms in total. The highest BCUT2D eigenvalue weighted by Gasteiger charge is 2.10. The van der Waals surface area contributed by atoms with E-state index in [9.17, 15) is 4.79 Å². The van der Waals surface area contributed by atoms with Gasteiger partial charge in [0.2, 0.25) is 0 Å². The van der Waals surface area contributed by atoms with Crippen molar-refractivity contribution in [2.45, 2.75) is 13.8 Å². The molecule has 128 valence electrons. The Kier molecular flexibility index (Phi) is 3.97. The molecule has 1 aromatic heterocycles. The summed E-state index contributed by atoms with van der Waals surface area (Å²) in [4.78, 5) is 14.1. The van der Waals surface area contributed by atoms with Crippen molar-refractivity contribution >= 4 is 22.6 Å². The van der Waals surface area contributed by atoms with Crippen LogP contribution in [-0.4, -0.2) is 20.9 Å². The molecule has 0 bridgehead atoms. The number of anilines is 1. The van der Waals surface area contributed by atoms with Crippen molar-refractivity contribution < 1.29 is 4.79 Å². The van der Waals surface area contributed by atoms with E-state index in [0.29, 0.717) is 11.3 Å². The van der Waals surface area contributed by atoms with Crippen LogP contribution in [0.3, 0.4) is 0 Å². The molecule has 4 rings (SSSR count). The standard InChI is InChI=1S/C21H18N4O/c1-14-7-10-17(11-8-14)25-23-19-12-9-16(13-20(19)24-25)22-21(26)18-6-4-3-5-15(18)2/h3-13H,1-2H3,(H,22,26). The van der Waals surface area contributed by atoms with Gasteiger partial charge in [-0.05, 0) is 55.8 Å². The predicted octanol–water partition coefficient (Wildman–Crippen LogP) is 4.29. The summed E-state index contributed by atoms with van der Waals surface area (Å²) in [5.41, 5.74) is 5.89. The molecule has 0 radical (unpaired) electrons. The lowest BCUT2D eigenvalue weighted by Crippen LogP contribution is -2.13. The van der Waals surface area contributed by atoms with Gasteiger partial charge >= 0.3 is 0 Å². The molecule has 0 saturated carbocycles. The van der Waals surface area contributed by atoms with Gasteiger partial charge in [0, 0.05) is 11.3 Å². The summed E-state index contributed by atoms with van der Waals surface area (Å²) < 4.78 is 0. The first-order valence-electron chi connectivity index (χ1n) is 8.41. The third-order valence-corrected chi connectivity index (χ3v) is 4.29. The first-order valence-corrected chi connectivity index (χ1v) is 8.41. The Hall–Kier alpha value is -3.47. The molecule has 0 spiro atoms. The topological polar surface area (TPSA) is 59.8 Å². The summed E-state index contributed by atoms with van der Waals surface area (Å²) in [6.45, 7) is 3.96. The van der Waals surface area contributed by atoms with Crippen LogP contribution < -0.4 is 5.32 Å². The molecule has 0 aliphatic carbocycles. The second kappa shape index (κ2) is 6.44. The molecule has 1 heterocycles. The molecule has 0 unspecified atom stereocenters. The molecule has 5 heteroatoms. The molecule has 1 amide bonds. The Labute approximate surface area is 151 Å². The Morgan fingerprint density at radius 2 is 1.62 bits per heavy atom. The largest absolute Gasteiger partial charge is 0.322 e. The lowest BCUT2D eigenvalue weighted by atomic mass is 10.1. The first kappa shape index (κ1) is 16.0. The molecule has 0 saturated heterocycles. The average Bonchev–Trinajstić information content (AvgIpc) is 3.06. The van der Waals surface area contributed by atoms with E-state index in [1.165, 1.54) is 5.56 Å². The van der Waals surface area contributed by atoms with E-state index in [0.717, 1.165) is 22.3 Å². The second-order valence-electron chi connectivity index (χ2n) is 6.30. The molecule has 3 aromatic carbocycles. The lowest BCUT2D eigenvalue weighted by molar-refractivity contribution is 0.102. The van der Waals surface area contributed by atoms with E-state index in [1.807, 2.05) is 80.6 Å². The summed E-state index contributed by atoms with van der Waals surface area (Å²) in [5.74, 6) is -0.131. The zero-order chi connectivity index (χ0) is 18.1. The summed E-state index contributed by atoms with van der Waals surface area (Å²) >= 11 is 0. The number of carbonyl (C=O) groups is 1. The molecule has 1 N–H and O–H groups in total. The monoisotopic (exact) mass is 342 g/mol. The summed E-state index contributed by atoms with van der Waals surface area (Å²) in [5, 5.41) is 12.0. The van der Waals surface area contributed by atoms with Gasteiger partial charge in [-0.25, -0.2) is 0 Å². The minimum Gasteiger partial charge on any atom is -0.322 e. The van der Waals surface area contributed by atoms with E-state index >= 15 is 0 Å². The Balaban J connectivity index is 1.62. The molecule has 0 aliphatic heterocycles. The van der Waals surface area contributed by atoms with E-state index in [-0.39, 0.29) is 5.91 Å². The predicted molar refractivity (Wildman–Crippen MR) is 103 cm³/mol. The van der Waals surface area contributed by atoms with Crippen LogP contribution in [0.1, 0.15) is 21.5 Å². The van der Waals surface area contributed by atoms with Gasteiger partial charge in [-0.2, -0.15) is 4.80 Å². The zero-order valence-corrected chi connectivity index (χ0v) is 14.6.